The van der Waals surface area contributed by atoms with Gasteiger partial charge in [-0.25, -0.2) is 0 Å². The number of nitrogens with two attached hydrogens (primary N) is 1. The van der Waals surface area contributed by atoms with Crippen LogP contribution in [0.3, 0.4) is 0 Å². The summed E-state index contributed by atoms with van der Waals surface area (Å²) in [4.78, 5) is 11.4. The zero-order chi connectivity index (χ0) is 16.9. The highest BCUT2D eigenvalue weighted by Crippen LogP contribution is 2.38. The number of nitrogen functional groups attached to an aromatic ring is 1. The van der Waals surface area contributed by atoms with E-state index in [9.17, 15) is 4.79 Å². The molecular formula is C17H26BNO3. The van der Waals surface area contributed by atoms with Gasteiger partial charge in [-0.15, -0.1) is 0 Å². The van der Waals surface area contributed by atoms with Gasteiger partial charge in [0, 0.05) is 17.6 Å². The van der Waals surface area contributed by atoms with E-state index in [2.05, 4.69) is 0 Å². The Morgan fingerprint density at radius 1 is 1.00 bits per heavy atom. The van der Waals surface area contributed by atoms with Gasteiger partial charge in [-0.2, -0.15) is 0 Å². The first-order valence-electron chi connectivity index (χ1n) is 7.70. The number of aldehydes is 1. The van der Waals surface area contributed by atoms with E-state index in [1.54, 1.807) is 0 Å². The minimum absolute atomic E-state index is 0.330. The summed E-state index contributed by atoms with van der Waals surface area (Å²) in [6, 6.07) is 0. The predicted octanol–water partition coefficient (Wildman–Crippen LogP) is 3.18. The Morgan fingerprint density at radius 3 is 1.95 bits per heavy atom. The average Bonchev–Trinajstić information content (AvgIpc) is 2.61. The topological polar surface area (TPSA) is 61.6 Å². The molecule has 0 atom stereocenters. The molecule has 0 unspecified atom stereocenters. The van der Waals surface area contributed by atoms with Gasteiger partial charge in [-0.1, -0.05) is 0 Å². The summed E-state index contributed by atoms with van der Waals surface area (Å²) in [7, 11) is -0.330. The third-order valence-electron chi connectivity index (χ3n) is 5.31. The van der Waals surface area contributed by atoms with Gasteiger partial charge in [0.05, 0.1) is 11.2 Å². The van der Waals surface area contributed by atoms with Crippen molar-refractivity contribution in [2.45, 2.75) is 66.0 Å². The molecule has 1 fully saturated rings. The molecule has 0 saturated carbocycles. The average molecular weight is 303 g/mol. The maximum atomic E-state index is 11.4. The summed E-state index contributed by atoms with van der Waals surface area (Å²) in [5, 5.41) is 0. The Morgan fingerprint density at radius 2 is 1.50 bits per heavy atom. The molecule has 0 spiro atoms. The first-order valence-corrected chi connectivity index (χ1v) is 7.70. The number of carbonyl (C=O) groups is 1. The molecule has 1 aliphatic heterocycles. The zero-order valence-corrected chi connectivity index (χ0v) is 14.7. The number of rotatable bonds is 3. The predicted molar refractivity (Wildman–Crippen MR) is 90.2 cm³/mol. The zero-order valence-electron chi connectivity index (χ0n) is 14.7. The van der Waals surface area contributed by atoms with Crippen molar-refractivity contribution in [3.8, 4) is 0 Å². The van der Waals surface area contributed by atoms with Crippen molar-refractivity contribution in [3.63, 3.8) is 0 Å². The molecule has 1 heterocycles. The van der Waals surface area contributed by atoms with E-state index in [0.717, 1.165) is 28.5 Å². The lowest BCUT2D eigenvalue weighted by atomic mass is 9.76. The molecule has 1 saturated heterocycles. The highest BCUT2D eigenvalue weighted by molar-refractivity contribution is 6.45. The van der Waals surface area contributed by atoms with Crippen LogP contribution in [0.5, 0.6) is 0 Å². The van der Waals surface area contributed by atoms with E-state index in [1.165, 1.54) is 0 Å². The van der Waals surface area contributed by atoms with Gasteiger partial charge in [0.15, 0.2) is 6.29 Å². The van der Waals surface area contributed by atoms with Gasteiger partial charge in [-0.3, -0.25) is 4.79 Å². The Balaban J connectivity index is 2.40. The lowest BCUT2D eigenvalue weighted by Gasteiger charge is -2.32. The summed E-state index contributed by atoms with van der Waals surface area (Å²) in [5.41, 5.74) is 10.7. The summed E-state index contributed by atoms with van der Waals surface area (Å²) in [5.74, 6) is 0. The standard InChI is InChI=1S/C17H26BNO3/c1-10-13(11(2)15(19)12(3)14(10)9-20)8-18-21-16(4,5)17(6,7)22-18/h9H,8,19H2,1-7H3. The van der Waals surface area contributed by atoms with E-state index in [0.29, 0.717) is 17.6 Å². The van der Waals surface area contributed by atoms with Gasteiger partial charge in [0.2, 0.25) is 0 Å². The third kappa shape index (κ3) is 2.57. The van der Waals surface area contributed by atoms with Gasteiger partial charge < -0.3 is 15.0 Å². The Labute approximate surface area is 133 Å². The third-order valence-corrected chi connectivity index (χ3v) is 5.31. The van der Waals surface area contributed by atoms with Crippen LogP contribution in [0.4, 0.5) is 5.69 Å². The molecule has 2 rings (SSSR count). The van der Waals surface area contributed by atoms with Crippen molar-refractivity contribution in [3.05, 3.63) is 27.8 Å². The molecule has 4 nitrogen and oxygen atoms in total. The lowest BCUT2D eigenvalue weighted by Crippen LogP contribution is -2.41. The Kier molecular flexibility index (Phi) is 4.17. The van der Waals surface area contributed by atoms with E-state index in [1.807, 2.05) is 48.5 Å². The van der Waals surface area contributed by atoms with Crippen molar-refractivity contribution < 1.29 is 14.1 Å². The smallest absolute Gasteiger partial charge is 0.403 e. The van der Waals surface area contributed by atoms with Crippen LogP contribution in [0.2, 0.25) is 0 Å². The van der Waals surface area contributed by atoms with Crippen LogP contribution in [-0.2, 0) is 15.6 Å². The number of hydrogen-bond acceptors (Lipinski definition) is 4. The van der Waals surface area contributed by atoms with Crippen LogP contribution in [-0.4, -0.2) is 24.6 Å². The molecule has 0 bridgehead atoms. The molecule has 1 aromatic rings. The Hall–Kier alpha value is -1.33. The summed E-state index contributed by atoms with van der Waals surface area (Å²) >= 11 is 0. The molecule has 0 amide bonds. The molecule has 120 valence electrons. The largest absolute Gasteiger partial charge is 0.462 e. The van der Waals surface area contributed by atoms with Crippen molar-refractivity contribution >= 4 is 19.1 Å². The van der Waals surface area contributed by atoms with Crippen molar-refractivity contribution in [2.24, 2.45) is 0 Å². The maximum Gasteiger partial charge on any atom is 0.462 e. The molecule has 22 heavy (non-hydrogen) atoms. The fourth-order valence-electron chi connectivity index (χ4n) is 3.01. The molecule has 0 aromatic heterocycles. The molecule has 0 radical (unpaired) electrons. The molecule has 1 aromatic carbocycles. The maximum absolute atomic E-state index is 11.4. The molecule has 0 aliphatic carbocycles. The number of anilines is 1. The van der Waals surface area contributed by atoms with Gasteiger partial charge >= 0.3 is 7.12 Å². The second-order valence-electron chi connectivity index (χ2n) is 7.19. The van der Waals surface area contributed by atoms with Crippen LogP contribution >= 0.6 is 0 Å². The van der Waals surface area contributed by atoms with E-state index < -0.39 is 0 Å². The normalized spacial score (nSPS) is 19.5. The molecular weight excluding hydrogens is 277 g/mol. The number of benzene rings is 1. The van der Waals surface area contributed by atoms with Crippen LogP contribution in [0.15, 0.2) is 0 Å². The summed E-state index contributed by atoms with van der Waals surface area (Å²) in [6.45, 7) is 14.0. The SMILES string of the molecule is Cc1c(N)c(C)c(CB2OC(C)(C)C(C)(C)O2)c(C)c1C=O. The highest BCUT2D eigenvalue weighted by atomic mass is 16.7. The lowest BCUT2D eigenvalue weighted by molar-refractivity contribution is 0.00578. The van der Waals surface area contributed by atoms with Gasteiger partial charge in [0.25, 0.3) is 0 Å². The highest BCUT2D eigenvalue weighted by Gasteiger charge is 2.51. The summed E-state index contributed by atoms with van der Waals surface area (Å²) in [6.07, 6.45) is 1.48. The minimum atomic E-state index is -0.358. The second kappa shape index (κ2) is 5.39. The van der Waals surface area contributed by atoms with Gasteiger partial charge in [-0.05, 0) is 70.7 Å². The van der Waals surface area contributed by atoms with Crippen LogP contribution in [0.1, 0.15) is 60.3 Å². The van der Waals surface area contributed by atoms with Crippen LogP contribution < -0.4 is 5.73 Å². The van der Waals surface area contributed by atoms with E-state index >= 15 is 0 Å². The molecule has 5 heteroatoms. The van der Waals surface area contributed by atoms with E-state index in [4.69, 9.17) is 15.0 Å². The van der Waals surface area contributed by atoms with Crippen molar-refractivity contribution in [1.82, 2.24) is 0 Å². The van der Waals surface area contributed by atoms with Crippen LogP contribution in [0.25, 0.3) is 0 Å². The quantitative estimate of drug-likeness (QED) is 0.529. The first-order chi connectivity index (χ1) is 10.0. The number of carbonyl (C=O) groups excluding carboxylic acids is 1. The fourth-order valence-corrected chi connectivity index (χ4v) is 3.01. The van der Waals surface area contributed by atoms with Crippen LogP contribution in [0, 0.1) is 20.8 Å². The monoisotopic (exact) mass is 303 g/mol. The molecule has 2 N–H and O–H groups in total. The second-order valence-corrected chi connectivity index (χ2v) is 7.19. The Bertz CT molecular complexity index is 607. The van der Waals surface area contributed by atoms with E-state index in [-0.39, 0.29) is 18.3 Å². The van der Waals surface area contributed by atoms with Crippen molar-refractivity contribution in [2.75, 3.05) is 5.73 Å². The summed E-state index contributed by atoms with van der Waals surface area (Å²) < 4.78 is 12.1. The molecule has 1 aliphatic rings. The first kappa shape index (κ1) is 17.0. The van der Waals surface area contributed by atoms with Crippen molar-refractivity contribution in [1.29, 1.82) is 0 Å². The fraction of sp³-hybridized carbons (Fsp3) is 0.588. The number of hydrogen-bond donors (Lipinski definition) is 1. The van der Waals surface area contributed by atoms with Gasteiger partial charge in [0.1, 0.15) is 0 Å². The minimum Gasteiger partial charge on any atom is -0.403 e.